The van der Waals surface area contributed by atoms with Crippen LogP contribution in [-0.2, 0) is 0 Å². The predicted octanol–water partition coefficient (Wildman–Crippen LogP) is 2.32. The fraction of sp³-hybridized carbons (Fsp3) is 0.455. The van der Waals surface area contributed by atoms with Gasteiger partial charge in [-0.25, -0.2) is 8.78 Å². The van der Waals surface area contributed by atoms with E-state index in [-0.39, 0.29) is 24.3 Å². The van der Waals surface area contributed by atoms with Gasteiger partial charge in [0.1, 0.15) is 11.4 Å². The molecular weight excluding hydrogens is 216 g/mol. The summed E-state index contributed by atoms with van der Waals surface area (Å²) in [6.07, 6.45) is 0.693. The Morgan fingerprint density at radius 2 is 2.25 bits per heavy atom. The van der Waals surface area contributed by atoms with Crippen molar-refractivity contribution in [1.29, 1.82) is 0 Å². The predicted molar refractivity (Wildman–Crippen MR) is 52.8 cm³/mol. The van der Waals surface area contributed by atoms with E-state index in [1.807, 2.05) is 0 Å². The molecule has 5 heteroatoms. The molecule has 3 nitrogen and oxygen atoms in total. The van der Waals surface area contributed by atoms with Crippen LogP contribution in [-0.4, -0.2) is 23.8 Å². The molecule has 86 valence electrons. The van der Waals surface area contributed by atoms with Crippen molar-refractivity contribution in [3.05, 3.63) is 24.0 Å². The van der Waals surface area contributed by atoms with Crippen LogP contribution >= 0.6 is 0 Å². The number of nitrogens with zero attached hydrogens (tertiary/aromatic N) is 1. The highest BCUT2D eigenvalue weighted by molar-refractivity contribution is 5.97. The Morgan fingerprint density at radius 3 is 2.81 bits per heavy atom. The van der Waals surface area contributed by atoms with Gasteiger partial charge in [-0.2, -0.15) is 0 Å². The molecule has 0 spiro atoms. The van der Waals surface area contributed by atoms with Crippen LogP contribution in [0.5, 0.6) is 5.75 Å². The summed E-state index contributed by atoms with van der Waals surface area (Å²) in [7, 11) is 1.47. The number of Topliss-reactive ketones (excluding diaryl/α,β-unsaturated/α-hetero) is 1. The second-order valence-corrected chi connectivity index (χ2v) is 3.91. The summed E-state index contributed by atoms with van der Waals surface area (Å²) < 4.78 is 30.2. The minimum atomic E-state index is -2.68. The van der Waals surface area contributed by atoms with Crippen LogP contribution in [0.4, 0.5) is 8.78 Å². The number of methoxy groups -OCH3 is 1. The summed E-state index contributed by atoms with van der Waals surface area (Å²) in [5.74, 6) is -3.11. The Hall–Kier alpha value is -1.52. The van der Waals surface area contributed by atoms with Crippen LogP contribution in [0.15, 0.2) is 18.3 Å². The van der Waals surface area contributed by atoms with Gasteiger partial charge in [0.2, 0.25) is 5.92 Å². The molecule has 0 unspecified atom stereocenters. The first-order valence-corrected chi connectivity index (χ1v) is 4.94. The zero-order chi connectivity index (χ0) is 11.8. The molecule has 0 bridgehead atoms. The largest absolute Gasteiger partial charge is 0.497 e. The lowest BCUT2D eigenvalue weighted by molar-refractivity contribution is -0.0983. The second-order valence-electron chi connectivity index (χ2n) is 3.91. The summed E-state index contributed by atoms with van der Waals surface area (Å²) >= 11 is 0. The van der Waals surface area contributed by atoms with Crippen LogP contribution < -0.4 is 4.74 Å². The van der Waals surface area contributed by atoms with Crippen molar-refractivity contribution in [2.45, 2.75) is 18.8 Å². The third-order valence-corrected chi connectivity index (χ3v) is 2.68. The van der Waals surface area contributed by atoms with Crippen molar-refractivity contribution in [2.24, 2.45) is 5.92 Å². The average molecular weight is 227 g/mol. The molecule has 0 aliphatic heterocycles. The molecule has 1 aromatic rings. The number of halogens is 2. The Morgan fingerprint density at radius 1 is 1.56 bits per heavy atom. The van der Waals surface area contributed by atoms with Gasteiger partial charge in [0.05, 0.1) is 7.11 Å². The fourth-order valence-corrected chi connectivity index (χ4v) is 1.73. The molecule has 2 rings (SSSR count). The molecule has 1 aliphatic carbocycles. The number of ether oxygens (including phenoxy) is 1. The second kappa shape index (κ2) is 3.81. The van der Waals surface area contributed by atoms with Crippen molar-refractivity contribution in [3.8, 4) is 5.75 Å². The Balaban J connectivity index is 2.10. The summed E-state index contributed by atoms with van der Waals surface area (Å²) in [5.41, 5.74) is 0.194. The molecule has 1 fully saturated rings. The molecular formula is C11H11F2NO2. The quantitative estimate of drug-likeness (QED) is 0.744. The first-order valence-electron chi connectivity index (χ1n) is 4.94. The van der Waals surface area contributed by atoms with Crippen molar-refractivity contribution < 1.29 is 18.3 Å². The summed E-state index contributed by atoms with van der Waals surface area (Å²) in [6, 6.07) is 3.07. The van der Waals surface area contributed by atoms with E-state index in [9.17, 15) is 13.6 Å². The zero-order valence-corrected chi connectivity index (χ0v) is 8.74. The molecule has 1 saturated carbocycles. The summed E-state index contributed by atoms with van der Waals surface area (Å²) in [5, 5.41) is 0. The lowest BCUT2D eigenvalue weighted by Gasteiger charge is -2.33. The third-order valence-electron chi connectivity index (χ3n) is 2.68. The van der Waals surface area contributed by atoms with E-state index in [4.69, 9.17) is 4.74 Å². The number of hydrogen-bond donors (Lipinski definition) is 0. The lowest BCUT2D eigenvalue weighted by atomic mass is 9.77. The number of alkyl halides is 2. The Bertz CT molecular complexity index is 412. The number of carbonyl (C=O) groups excluding carboxylic acids is 1. The molecule has 1 aromatic heterocycles. The molecule has 0 N–H and O–H groups in total. The highest BCUT2D eigenvalue weighted by atomic mass is 19.3. The van der Waals surface area contributed by atoms with Gasteiger partial charge in [-0.05, 0) is 6.07 Å². The number of pyridine rings is 1. The fourth-order valence-electron chi connectivity index (χ4n) is 1.73. The molecule has 0 radical (unpaired) electrons. The average Bonchev–Trinajstić information content (AvgIpc) is 2.25. The van der Waals surface area contributed by atoms with Gasteiger partial charge in [0.25, 0.3) is 0 Å². The van der Waals surface area contributed by atoms with E-state index in [0.717, 1.165) is 0 Å². The van der Waals surface area contributed by atoms with Crippen molar-refractivity contribution in [3.63, 3.8) is 0 Å². The topological polar surface area (TPSA) is 39.2 Å². The van der Waals surface area contributed by atoms with Crippen LogP contribution in [0.2, 0.25) is 0 Å². The number of aromatic nitrogens is 1. The van der Waals surface area contributed by atoms with E-state index < -0.39 is 11.8 Å². The highest BCUT2D eigenvalue weighted by Gasteiger charge is 2.48. The Kier molecular flexibility index (Phi) is 2.61. The van der Waals surface area contributed by atoms with Gasteiger partial charge < -0.3 is 4.74 Å². The smallest absolute Gasteiger partial charge is 0.249 e. The Labute approximate surface area is 91.4 Å². The lowest BCUT2D eigenvalue weighted by Crippen LogP contribution is -2.40. The maximum absolute atomic E-state index is 12.6. The number of carbonyl (C=O) groups is 1. The monoisotopic (exact) mass is 227 g/mol. The number of hydrogen-bond acceptors (Lipinski definition) is 3. The van der Waals surface area contributed by atoms with Gasteiger partial charge >= 0.3 is 0 Å². The van der Waals surface area contributed by atoms with Crippen molar-refractivity contribution in [1.82, 2.24) is 4.98 Å². The van der Waals surface area contributed by atoms with Crippen LogP contribution in [0.1, 0.15) is 23.3 Å². The summed E-state index contributed by atoms with van der Waals surface area (Å²) in [4.78, 5) is 15.6. The maximum Gasteiger partial charge on any atom is 0.249 e. The van der Waals surface area contributed by atoms with Crippen molar-refractivity contribution >= 4 is 5.78 Å². The van der Waals surface area contributed by atoms with E-state index in [1.165, 1.54) is 19.4 Å². The molecule has 0 aromatic carbocycles. The minimum absolute atomic E-state index is 0.194. The summed E-state index contributed by atoms with van der Waals surface area (Å²) in [6.45, 7) is 0. The van der Waals surface area contributed by atoms with E-state index >= 15 is 0 Å². The SMILES string of the molecule is COc1ccnc(C(=O)C2CC(F)(F)C2)c1. The maximum atomic E-state index is 12.6. The first kappa shape index (κ1) is 11.0. The van der Waals surface area contributed by atoms with Gasteiger partial charge in [-0.1, -0.05) is 0 Å². The highest BCUT2D eigenvalue weighted by Crippen LogP contribution is 2.43. The van der Waals surface area contributed by atoms with Gasteiger partial charge in [-0.3, -0.25) is 9.78 Å². The minimum Gasteiger partial charge on any atom is -0.497 e. The van der Waals surface area contributed by atoms with Gasteiger partial charge in [0, 0.05) is 31.0 Å². The van der Waals surface area contributed by atoms with Crippen LogP contribution in [0.25, 0.3) is 0 Å². The van der Waals surface area contributed by atoms with E-state index in [1.54, 1.807) is 6.07 Å². The number of rotatable bonds is 3. The standard InChI is InChI=1S/C11H11F2NO2/c1-16-8-2-3-14-9(4-8)10(15)7-5-11(12,13)6-7/h2-4,7H,5-6H2,1H3. The third kappa shape index (κ3) is 2.03. The van der Waals surface area contributed by atoms with Crippen molar-refractivity contribution in [2.75, 3.05) is 7.11 Å². The van der Waals surface area contributed by atoms with Gasteiger partial charge in [0.15, 0.2) is 5.78 Å². The first-order chi connectivity index (χ1) is 7.52. The molecule has 0 atom stereocenters. The zero-order valence-electron chi connectivity index (χ0n) is 8.74. The van der Waals surface area contributed by atoms with Crippen LogP contribution in [0, 0.1) is 5.92 Å². The molecule has 16 heavy (non-hydrogen) atoms. The molecule has 0 amide bonds. The molecule has 1 heterocycles. The van der Waals surface area contributed by atoms with Gasteiger partial charge in [-0.15, -0.1) is 0 Å². The normalized spacial score (nSPS) is 18.9. The van der Waals surface area contributed by atoms with Crippen LogP contribution in [0.3, 0.4) is 0 Å². The van der Waals surface area contributed by atoms with E-state index in [0.29, 0.717) is 5.75 Å². The molecule has 1 aliphatic rings. The number of ketones is 1. The van der Waals surface area contributed by atoms with E-state index in [2.05, 4.69) is 4.98 Å². The molecule has 0 saturated heterocycles.